The second-order valence-corrected chi connectivity index (χ2v) is 6.62. The number of fused-ring (bicyclic) bond motifs is 1. The number of ether oxygens (including phenoxy) is 2. The molecule has 132 valence electrons. The number of amides is 1. The van der Waals surface area contributed by atoms with Crippen molar-refractivity contribution in [1.82, 2.24) is 20.3 Å². The molecule has 0 aliphatic carbocycles. The van der Waals surface area contributed by atoms with Gasteiger partial charge in [-0.05, 0) is 25.8 Å². The van der Waals surface area contributed by atoms with Crippen LogP contribution in [0, 0.1) is 6.92 Å². The van der Waals surface area contributed by atoms with Gasteiger partial charge in [-0.25, -0.2) is 4.68 Å². The maximum absolute atomic E-state index is 12.0. The van der Waals surface area contributed by atoms with Crippen LogP contribution in [0.1, 0.15) is 24.1 Å². The summed E-state index contributed by atoms with van der Waals surface area (Å²) < 4.78 is 13.2. The molecule has 7 nitrogen and oxygen atoms in total. The minimum atomic E-state index is -0.307. The van der Waals surface area contributed by atoms with Gasteiger partial charge < -0.3 is 14.8 Å². The van der Waals surface area contributed by atoms with E-state index in [1.54, 1.807) is 0 Å². The van der Waals surface area contributed by atoms with Crippen molar-refractivity contribution in [2.75, 3.05) is 13.2 Å². The molecule has 1 aromatic heterocycles. The Morgan fingerprint density at radius 3 is 3.12 bits per heavy atom. The van der Waals surface area contributed by atoms with E-state index >= 15 is 0 Å². The van der Waals surface area contributed by atoms with Crippen molar-refractivity contribution in [3.05, 3.63) is 35.5 Å². The Kier molecular flexibility index (Phi) is 4.50. The zero-order valence-corrected chi connectivity index (χ0v) is 14.3. The summed E-state index contributed by atoms with van der Waals surface area (Å²) in [4.78, 5) is 12.0. The summed E-state index contributed by atoms with van der Waals surface area (Å²) in [5.74, 6) is -0.0501. The first-order valence-corrected chi connectivity index (χ1v) is 8.71. The Labute approximate surface area is 146 Å². The quantitative estimate of drug-likeness (QED) is 0.910. The number of benzene rings is 1. The van der Waals surface area contributed by atoms with Gasteiger partial charge in [-0.3, -0.25) is 4.79 Å². The van der Waals surface area contributed by atoms with Crippen molar-refractivity contribution in [2.24, 2.45) is 0 Å². The molecule has 1 unspecified atom stereocenters. The van der Waals surface area contributed by atoms with Gasteiger partial charge in [0.25, 0.3) is 0 Å². The maximum atomic E-state index is 12.0. The molecule has 4 rings (SSSR count). The number of hydrogen-bond acceptors (Lipinski definition) is 5. The van der Waals surface area contributed by atoms with Gasteiger partial charge in [0, 0.05) is 18.7 Å². The standard InChI is InChI=1S/C18H22N4O3/c1-12-4-2-5-13(8-12)17-15-11-25-14(10-22(15)21-20-17)9-19-18(23)16-6-3-7-24-16/h2,4-5,8,14,16H,3,6-7,9-11H2,1H3,(H,19,23)/t14?,16-/m1/s1. The van der Waals surface area contributed by atoms with Crippen molar-refractivity contribution in [1.29, 1.82) is 0 Å². The van der Waals surface area contributed by atoms with Crippen LogP contribution in [0.3, 0.4) is 0 Å². The second kappa shape index (κ2) is 6.93. The van der Waals surface area contributed by atoms with Crippen LogP contribution in [0.4, 0.5) is 0 Å². The van der Waals surface area contributed by atoms with Crippen molar-refractivity contribution in [3.63, 3.8) is 0 Å². The molecule has 1 saturated heterocycles. The Hall–Kier alpha value is -2.25. The van der Waals surface area contributed by atoms with Gasteiger partial charge in [0.05, 0.1) is 24.9 Å². The molecular formula is C18H22N4O3. The highest BCUT2D eigenvalue weighted by Crippen LogP contribution is 2.25. The van der Waals surface area contributed by atoms with E-state index < -0.39 is 0 Å². The molecule has 2 aromatic rings. The summed E-state index contributed by atoms with van der Waals surface area (Å²) >= 11 is 0. The van der Waals surface area contributed by atoms with Gasteiger partial charge in [-0.2, -0.15) is 0 Å². The monoisotopic (exact) mass is 342 g/mol. The number of rotatable bonds is 4. The molecule has 3 heterocycles. The van der Waals surface area contributed by atoms with Crippen LogP contribution in [-0.2, 0) is 27.4 Å². The first-order valence-electron chi connectivity index (χ1n) is 8.71. The van der Waals surface area contributed by atoms with Gasteiger partial charge in [-0.1, -0.05) is 29.0 Å². The minimum Gasteiger partial charge on any atom is -0.368 e. The largest absolute Gasteiger partial charge is 0.368 e. The fraction of sp³-hybridized carbons (Fsp3) is 0.500. The molecule has 2 atom stereocenters. The number of carbonyl (C=O) groups is 1. The third kappa shape index (κ3) is 3.43. The van der Waals surface area contributed by atoms with Crippen LogP contribution in [0.25, 0.3) is 11.3 Å². The molecule has 0 spiro atoms. The highest BCUT2D eigenvalue weighted by molar-refractivity contribution is 5.80. The van der Waals surface area contributed by atoms with Crippen LogP contribution in [-0.4, -0.2) is 46.3 Å². The van der Waals surface area contributed by atoms with Crippen molar-refractivity contribution in [3.8, 4) is 11.3 Å². The summed E-state index contributed by atoms with van der Waals surface area (Å²) in [5.41, 5.74) is 4.08. The summed E-state index contributed by atoms with van der Waals surface area (Å²) in [6, 6.07) is 8.21. The van der Waals surface area contributed by atoms with Crippen LogP contribution in [0.2, 0.25) is 0 Å². The van der Waals surface area contributed by atoms with E-state index in [2.05, 4.69) is 34.7 Å². The molecule has 7 heteroatoms. The average Bonchev–Trinajstić information content (AvgIpc) is 3.29. The Morgan fingerprint density at radius 2 is 2.32 bits per heavy atom. The zero-order valence-electron chi connectivity index (χ0n) is 14.3. The SMILES string of the molecule is Cc1cccc(-c2nnn3c2COC(CNC(=O)[C@H]2CCCO2)C3)c1. The van der Waals surface area contributed by atoms with Gasteiger partial charge in [0.2, 0.25) is 5.91 Å². The van der Waals surface area contributed by atoms with E-state index in [0.29, 0.717) is 26.3 Å². The van der Waals surface area contributed by atoms with E-state index in [9.17, 15) is 4.79 Å². The van der Waals surface area contributed by atoms with E-state index in [1.165, 1.54) is 5.56 Å². The molecule has 0 radical (unpaired) electrons. The topological polar surface area (TPSA) is 78.3 Å². The summed E-state index contributed by atoms with van der Waals surface area (Å²) in [6.07, 6.45) is 1.33. The summed E-state index contributed by atoms with van der Waals surface area (Å²) in [6.45, 7) is 4.21. The van der Waals surface area contributed by atoms with Crippen LogP contribution in [0.5, 0.6) is 0 Å². The maximum Gasteiger partial charge on any atom is 0.249 e. The number of aryl methyl sites for hydroxylation is 1. The number of nitrogens with zero attached hydrogens (tertiary/aromatic N) is 3. The minimum absolute atomic E-state index is 0.0501. The Balaban J connectivity index is 1.40. The molecule has 2 aliphatic heterocycles. The van der Waals surface area contributed by atoms with Gasteiger partial charge in [-0.15, -0.1) is 5.10 Å². The predicted molar refractivity (Wildman–Crippen MR) is 90.8 cm³/mol. The van der Waals surface area contributed by atoms with E-state index in [-0.39, 0.29) is 18.1 Å². The van der Waals surface area contributed by atoms with Gasteiger partial charge in [0.1, 0.15) is 11.8 Å². The molecule has 0 bridgehead atoms. The predicted octanol–water partition coefficient (Wildman–Crippen LogP) is 1.45. The third-order valence-electron chi connectivity index (χ3n) is 4.69. The van der Waals surface area contributed by atoms with Crippen molar-refractivity contribution >= 4 is 5.91 Å². The van der Waals surface area contributed by atoms with Gasteiger partial charge >= 0.3 is 0 Å². The number of carbonyl (C=O) groups excluding carboxylic acids is 1. The normalized spacial score (nSPS) is 22.6. The molecule has 1 amide bonds. The van der Waals surface area contributed by atoms with Crippen LogP contribution < -0.4 is 5.32 Å². The third-order valence-corrected chi connectivity index (χ3v) is 4.69. The molecule has 0 saturated carbocycles. The lowest BCUT2D eigenvalue weighted by atomic mass is 10.1. The average molecular weight is 342 g/mol. The van der Waals surface area contributed by atoms with Gasteiger partial charge in [0.15, 0.2) is 0 Å². The smallest absolute Gasteiger partial charge is 0.249 e. The number of hydrogen-bond donors (Lipinski definition) is 1. The van der Waals surface area contributed by atoms with E-state index in [0.717, 1.165) is 29.8 Å². The molecule has 2 aliphatic rings. The Morgan fingerprint density at radius 1 is 1.40 bits per heavy atom. The molecular weight excluding hydrogens is 320 g/mol. The van der Waals surface area contributed by atoms with Crippen LogP contribution in [0.15, 0.2) is 24.3 Å². The summed E-state index contributed by atoms with van der Waals surface area (Å²) in [5, 5.41) is 11.5. The molecule has 1 fully saturated rings. The summed E-state index contributed by atoms with van der Waals surface area (Å²) in [7, 11) is 0. The fourth-order valence-corrected chi connectivity index (χ4v) is 3.32. The highest BCUT2D eigenvalue weighted by Gasteiger charge is 2.27. The lowest BCUT2D eigenvalue weighted by Crippen LogP contribution is -2.42. The second-order valence-electron chi connectivity index (χ2n) is 6.62. The van der Waals surface area contributed by atoms with E-state index in [1.807, 2.05) is 16.8 Å². The zero-order chi connectivity index (χ0) is 17.2. The first kappa shape index (κ1) is 16.2. The fourth-order valence-electron chi connectivity index (χ4n) is 3.32. The Bertz CT molecular complexity index is 767. The molecule has 1 N–H and O–H groups in total. The van der Waals surface area contributed by atoms with Crippen molar-refractivity contribution < 1.29 is 14.3 Å². The van der Waals surface area contributed by atoms with Crippen molar-refractivity contribution in [2.45, 2.75) is 45.1 Å². The van der Waals surface area contributed by atoms with E-state index in [4.69, 9.17) is 9.47 Å². The first-order chi connectivity index (χ1) is 12.2. The lowest BCUT2D eigenvalue weighted by molar-refractivity contribution is -0.131. The highest BCUT2D eigenvalue weighted by atomic mass is 16.5. The van der Waals surface area contributed by atoms with Crippen LogP contribution >= 0.6 is 0 Å². The molecule has 25 heavy (non-hydrogen) atoms. The lowest BCUT2D eigenvalue weighted by Gasteiger charge is -2.24. The molecule has 1 aromatic carbocycles. The number of nitrogens with one attached hydrogen (secondary N) is 1. The number of aromatic nitrogens is 3.